The maximum atomic E-state index is 11.6. The van der Waals surface area contributed by atoms with E-state index >= 15 is 0 Å². The van der Waals surface area contributed by atoms with Crippen molar-refractivity contribution < 1.29 is 4.79 Å². The lowest BCUT2D eigenvalue weighted by Gasteiger charge is -2.08. The molecule has 0 amide bonds. The molecule has 4 nitrogen and oxygen atoms in total. The van der Waals surface area contributed by atoms with Crippen molar-refractivity contribution in [2.75, 3.05) is 13.1 Å². The van der Waals surface area contributed by atoms with Crippen molar-refractivity contribution in [3.05, 3.63) is 18.0 Å². The predicted octanol–water partition coefficient (Wildman–Crippen LogP) is 1.72. The molecule has 1 aromatic rings. The van der Waals surface area contributed by atoms with Gasteiger partial charge in [0.1, 0.15) is 0 Å². The molecule has 0 aliphatic heterocycles. The molecule has 94 valence electrons. The monoisotopic (exact) mass is 235 g/mol. The lowest BCUT2D eigenvalue weighted by molar-refractivity contribution is -0.117. The first kappa shape index (κ1) is 12.3. The topological polar surface area (TPSA) is 46.9 Å². The second-order valence-corrected chi connectivity index (χ2v) is 4.72. The molecule has 0 radical (unpaired) electrons. The van der Waals surface area contributed by atoms with Gasteiger partial charge in [-0.15, -0.1) is 0 Å². The van der Waals surface area contributed by atoms with E-state index < -0.39 is 0 Å². The molecule has 1 fully saturated rings. The van der Waals surface area contributed by atoms with Crippen LogP contribution in [0.3, 0.4) is 0 Å². The maximum absolute atomic E-state index is 11.6. The SMILES string of the molecule is CCNCC(=O)Cc1ccn(C2CCCC2)n1. The summed E-state index contributed by atoms with van der Waals surface area (Å²) < 4.78 is 2.04. The molecule has 1 heterocycles. The van der Waals surface area contributed by atoms with Crippen LogP contribution in [0.4, 0.5) is 0 Å². The molecule has 0 unspecified atom stereocenters. The second-order valence-electron chi connectivity index (χ2n) is 4.72. The summed E-state index contributed by atoms with van der Waals surface area (Å²) in [6.07, 6.45) is 7.54. The predicted molar refractivity (Wildman–Crippen MR) is 67.0 cm³/mol. The van der Waals surface area contributed by atoms with Crippen molar-refractivity contribution in [2.45, 2.75) is 45.1 Å². The van der Waals surface area contributed by atoms with Gasteiger partial charge in [-0.25, -0.2) is 0 Å². The van der Waals surface area contributed by atoms with Crippen LogP contribution in [-0.2, 0) is 11.2 Å². The number of aromatic nitrogens is 2. The van der Waals surface area contributed by atoms with Crippen LogP contribution in [0.2, 0.25) is 0 Å². The Labute approximate surface area is 102 Å². The lowest BCUT2D eigenvalue weighted by Crippen LogP contribution is -2.24. The van der Waals surface area contributed by atoms with Crippen LogP contribution in [0.25, 0.3) is 0 Å². The van der Waals surface area contributed by atoms with Crippen molar-refractivity contribution in [3.8, 4) is 0 Å². The van der Waals surface area contributed by atoms with Gasteiger partial charge in [0.15, 0.2) is 5.78 Å². The van der Waals surface area contributed by atoms with E-state index in [2.05, 4.69) is 10.4 Å². The number of nitrogens with zero attached hydrogens (tertiary/aromatic N) is 2. The molecule has 1 aliphatic carbocycles. The molecule has 4 heteroatoms. The minimum atomic E-state index is 0.212. The average Bonchev–Trinajstić information content (AvgIpc) is 2.95. The molecule has 1 aliphatic rings. The third kappa shape index (κ3) is 3.40. The molecule has 0 spiro atoms. The molecule has 0 bridgehead atoms. The number of carbonyl (C=O) groups excluding carboxylic acids is 1. The first-order valence-electron chi connectivity index (χ1n) is 6.56. The van der Waals surface area contributed by atoms with Crippen molar-refractivity contribution in [3.63, 3.8) is 0 Å². The Morgan fingerprint density at radius 3 is 3.00 bits per heavy atom. The van der Waals surface area contributed by atoms with Crippen LogP contribution in [0.1, 0.15) is 44.3 Å². The third-order valence-electron chi connectivity index (χ3n) is 3.31. The van der Waals surface area contributed by atoms with Gasteiger partial charge in [0.05, 0.1) is 24.7 Å². The van der Waals surface area contributed by atoms with Gasteiger partial charge in [0.25, 0.3) is 0 Å². The molecule has 0 atom stereocenters. The summed E-state index contributed by atoms with van der Waals surface area (Å²) in [5.74, 6) is 0.212. The summed E-state index contributed by atoms with van der Waals surface area (Å²) in [6, 6.07) is 2.54. The van der Waals surface area contributed by atoms with Gasteiger partial charge in [-0.1, -0.05) is 19.8 Å². The van der Waals surface area contributed by atoms with Crippen LogP contribution in [0.15, 0.2) is 12.3 Å². The van der Waals surface area contributed by atoms with E-state index in [4.69, 9.17) is 0 Å². The third-order valence-corrected chi connectivity index (χ3v) is 3.31. The number of rotatable bonds is 6. The first-order chi connectivity index (χ1) is 8.29. The van der Waals surface area contributed by atoms with Gasteiger partial charge in [-0.05, 0) is 25.5 Å². The standard InChI is InChI=1S/C13H21N3O/c1-2-14-10-13(17)9-11-7-8-16(15-11)12-5-3-4-6-12/h7-8,12,14H,2-6,9-10H2,1H3. The van der Waals surface area contributed by atoms with Crippen LogP contribution in [-0.4, -0.2) is 28.7 Å². The van der Waals surface area contributed by atoms with E-state index in [9.17, 15) is 4.79 Å². The van der Waals surface area contributed by atoms with Crippen molar-refractivity contribution >= 4 is 5.78 Å². The molecular formula is C13H21N3O. The van der Waals surface area contributed by atoms with Gasteiger partial charge >= 0.3 is 0 Å². The lowest BCUT2D eigenvalue weighted by atomic mass is 10.2. The summed E-state index contributed by atoms with van der Waals surface area (Å²) in [5.41, 5.74) is 0.903. The zero-order valence-electron chi connectivity index (χ0n) is 10.5. The van der Waals surface area contributed by atoms with E-state index in [1.165, 1.54) is 25.7 Å². The second kappa shape index (κ2) is 5.96. The van der Waals surface area contributed by atoms with Gasteiger partial charge < -0.3 is 5.32 Å². The number of hydrogen-bond acceptors (Lipinski definition) is 3. The molecular weight excluding hydrogens is 214 g/mol. The first-order valence-corrected chi connectivity index (χ1v) is 6.56. The summed E-state index contributed by atoms with van der Waals surface area (Å²) in [7, 11) is 0. The maximum Gasteiger partial charge on any atom is 0.152 e. The number of Topliss-reactive ketones (excluding diaryl/α,β-unsaturated/α-hetero) is 1. The van der Waals surface area contributed by atoms with Crippen molar-refractivity contribution in [1.82, 2.24) is 15.1 Å². The van der Waals surface area contributed by atoms with Gasteiger partial charge in [-0.2, -0.15) is 5.10 Å². The molecule has 17 heavy (non-hydrogen) atoms. The summed E-state index contributed by atoms with van der Waals surface area (Å²) in [5, 5.41) is 7.55. The van der Waals surface area contributed by atoms with Gasteiger partial charge in [-0.3, -0.25) is 9.48 Å². The van der Waals surface area contributed by atoms with Crippen LogP contribution >= 0.6 is 0 Å². The zero-order chi connectivity index (χ0) is 12.1. The molecule has 2 rings (SSSR count). The summed E-state index contributed by atoms with van der Waals surface area (Å²) >= 11 is 0. The van der Waals surface area contributed by atoms with E-state index in [0.717, 1.165) is 12.2 Å². The molecule has 0 saturated heterocycles. The van der Waals surface area contributed by atoms with Gasteiger partial charge in [0.2, 0.25) is 0 Å². The Morgan fingerprint density at radius 1 is 1.53 bits per heavy atom. The largest absolute Gasteiger partial charge is 0.310 e. The normalized spacial score (nSPS) is 16.5. The van der Waals surface area contributed by atoms with Crippen LogP contribution in [0.5, 0.6) is 0 Å². The average molecular weight is 235 g/mol. The Balaban J connectivity index is 1.87. The number of carbonyl (C=O) groups is 1. The van der Waals surface area contributed by atoms with E-state index in [0.29, 0.717) is 19.0 Å². The Kier molecular flexibility index (Phi) is 4.31. The highest BCUT2D eigenvalue weighted by Gasteiger charge is 2.17. The zero-order valence-corrected chi connectivity index (χ0v) is 10.5. The number of ketones is 1. The highest BCUT2D eigenvalue weighted by atomic mass is 16.1. The molecule has 0 aromatic carbocycles. The minimum Gasteiger partial charge on any atom is -0.310 e. The fraction of sp³-hybridized carbons (Fsp3) is 0.692. The quantitative estimate of drug-likeness (QED) is 0.816. The van der Waals surface area contributed by atoms with Gasteiger partial charge in [0, 0.05) is 6.20 Å². The highest BCUT2D eigenvalue weighted by Crippen LogP contribution is 2.28. The molecule has 1 N–H and O–H groups in total. The summed E-state index contributed by atoms with van der Waals surface area (Å²) in [4.78, 5) is 11.6. The van der Waals surface area contributed by atoms with Crippen LogP contribution in [0, 0.1) is 0 Å². The fourth-order valence-corrected chi connectivity index (χ4v) is 2.37. The summed E-state index contributed by atoms with van der Waals surface area (Å²) in [6.45, 7) is 3.29. The van der Waals surface area contributed by atoms with E-state index in [1.54, 1.807) is 0 Å². The molecule has 1 aromatic heterocycles. The Morgan fingerprint density at radius 2 is 2.29 bits per heavy atom. The Hall–Kier alpha value is -1.16. The highest BCUT2D eigenvalue weighted by molar-refractivity contribution is 5.82. The van der Waals surface area contributed by atoms with Crippen LogP contribution < -0.4 is 5.32 Å². The number of hydrogen-bond donors (Lipinski definition) is 1. The van der Waals surface area contributed by atoms with Crippen molar-refractivity contribution in [1.29, 1.82) is 0 Å². The van der Waals surface area contributed by atoms with Crippen molar-refractivity contribution in [2.24, 2.45) is 0 Å². The van der Waals surface area contributed by atoms with E-state index in [1.807, 2.05) is 23.9 Å². The molecule has 1 saturated carbocycles. The number of nitrogens with one attached hydrogen (secondary N) is 1. The number of likely N-dealkylation sites (N-methyl/N-ethyl adjacent to an activating group) is 1. The minimum absolute atomic E-state index is 0.212. The Bertz CT molecular complexity index is 366. The fourth-order valence-electron chi connectivity index (χ4n) is 2.37. The van der Waals surface area contributed by atoms with E-state index in [-0.39, 0.29) is 5.78 Å². The smallest absolute Gasteiger partial charge is 0.152 e.